The van der Waals surface area contributed by atoms with Crippen molar-refractivity contribution >= 4 is 47.2 Å². The number of hydrogen-bond acceptors (Lipinski definition) is 5. The molecule has 0 spiro atoms. The molecule has 0 unspecified atom stereocenters. The van der Waals surface area contributed by atoms with Crippen LogP contribution in [-0.2, 0) is 6.54 Å². The highest BCUT2D eigenvalue weighted by atomic mass is 127. The molecule has 0 aliphatic heterocycles. The lowest BCUT2D eigenvalue weighted by Gasteiger charge is -2.09. The van der Waals surface area contributed by atoms with Crippen LogP contribution < -0.4 is 25.3 Å². The van der Waals surface area contributed by atoms with Crippen LogP contribution in [0.1, 0.15) is 12.5 Å². The van der Waals surface area contributed by atoms with Crippen molar-refractivity contribution in [1.29, 1.82) is 0 Å². The van der Waals surface area contributed by atoms with E-state index in [4.69, 9.17) is 31.5 Å². The summed E-state index contributed by atoms with van der Waals surface area (Å²) in [5.74, 6) is 2.79. The normalized spacial score (nSPS) is 10.7. The number of nitrogens with two attached hydrogens (primary N) is 1. The Hall–Kier alpha value is -2.72. The fraction of sp³-hybridized carbons (Fsp3) is 0.182. The molecule has 1 heterocycles. The van der Waals surface area contributed by atoms with Gasteiger partial charge in [-0.25, -0.2) is 9.98 Å². The van der Waals surface area contributed by atoms with Crippen LogP contribution in [0.4, 0.5) is 5.69 Å². The summed E-state index contributed by atoms with van der Waals surface area (Å²) in [5, 5.41) is 3.49. The fourth-order valence-electron chi connectivity index (χ4n) is 2.60. The van der Waals surface area contributed by atoms with Gasteiger partial charge >= 0.3 is 0 Å². The third-order valence-electron chi connectivity index (χ3n) is 4.01. The van der Waals surface area contributed by atoms with Gasteiger partial charge in [0.05, 0.1) is 25.3 Å². The van der Waals surface area contributed by atoms with Gasteiger partial charge in [0.1, 0.15) is 17.2 Å². The predicted molar refractivity (Wildman–Crippen MR) is 134 cm³/mol. The van der Waals surface area contributed by atoms with Gasteiger partial charge in [0.15, 0.2) is 5.96 Å². The van der Waals surface area contributed by atoms with Crippen molar-refractivity contribution in [1.82, 2.24) is 4.98 Å². The van der Waals surface area contributed by atoms with E-state index in [2.05, 4.69) is 15.3 Å². The minimum atomic E-state index is 0. The van der Waals surface area contributed by atoms with Crippen LogP contribution >= 0.6 is 35.6 Å². The Bertz CT molecular complexity index is 1020. The van der Waals surface area contributed by atoms with E-state index in [1.54, 1.807) is 25.4 Å². The average Bonchev–Trinajstić information content (AvgIpc) is 2.74. The molecule has 7 nitrogen and oxygen atoms in total. The van der Waals surface area contributed by atoms with E-state index >= 15 is 0 Å². The van der Waals surface area contributed by atoms with E-state index in [0.29, 0.717) is 35.6 Å². The average molecular weight is 555 g/mol. The van der Waals surface area contributed by atoms with Crippen molar-refractivity contribution in [2.24, 2.45) is 10.7 Å². The van der Waals surface area contributed by atoms with Gasteiger partial charge in [-0.05, 0) is 61.0 Å². The van der Waals surface area contributed by atoms with E-state index in [-0.39, 0.29) is 29.9 Å². The third kappa shape index (κ3) is 7.48. The highest BCUT2D eigenvalue weighted by Gasteiger charge is 2.04. The molecule has 0 bridgehead atoms. The number of anilines is 1. The van der Waals surface area contributed by atoms with Crippen LogP contribution in [-0.4, -0.2) is 24.7 Å². The Balaban J connectivity index is 0.00000341. The Morgan fingerprint density at radius 1 is 1.10 bits per heavy atom. The number of ether oxygens (including phenoxy) is 3. The third-order valence-corrected chi connectivity index (χ3v) is 4.31. The second-order valence-electron chi connectivity index (χ2n) is 6.18. The molecule has 3 rings (SSSR count). The maximum atomic E-state index is 6.12. The van der Waals surface area contributed by atoms with Crippen molar-refractivity contribution in [3.8, 4) is 23.1 Å². The van der Waals surface area contributed by atoms with Crippen molar-refractivity contribution < 1.29 is 14.2 Å². The summed E-state index contributed by atoms with van der Waals surface area (Å²) in [6.07, 6.45) is 1.67. The molecular formula is C22H24ClIN4O3. The summed E-state index contributed by atoms with van der Waals surface area (Å²) in [7, 11) is 1.56. The maximum Gasteiger partial charge on any atom is 0.219 e. The number of nitrogens with zero attached hydrogens (tertiary/aromatic N) is 2. The first-order valence-corrected chi connectivity index (χ1v) is 9.71. The zero-order chi connectivity index (χ0) is 21.3. The van der Waals surface area contributed by atoms with E-state index in [9.17, 15) is 0 Å². The maximum absolute atomic E-state index is 6.12. The second-order valence-corrected chi connectivity index (χ2v) is 6.59. The van der Waals surface area contributed by atoms with Crippen molar-refractivity contribution in [2.45, 2.75) is 13.5 Å². The molecule has 0 amide bonds. The molecule has 3 aromatic rings. The predicted octanol–water partition coefficient (Wildman–Crippen LogP) is 5.48. The van der Waals surface area contributed by atoms with Crippen LogP contribution in [0.5, 0.6) is 23.1 Å². The molecule has 0 fully saturated rings. The van der Waals surface area contributed by atoms with Crippen LogP contribution in [0, 0.1) is 0 Å². The van der Waals surface area contributed by atoms with Gasteiger partial charge < -0.3 is 25.3 Å². The number of aliphatic imine (C=N–C) groups is 1. The molecule has 31 heavy (non-hydrogen) atoms. The molecule has 0 saturated heterocycles. The molecule has 1 aromatic heterocycles. The van der Waals surface area contributed by atoms with E-state index < -0.39 is 0 Å². The van der Waals surface area contributed by atoms with Crippen molar-refractivity contribution in [3.63, 3.8) is 0 Å². The van der Waals surface area contributed by atoms with Crippen LogP contribution in [0.25, 0.3) is 0 Å². The number of pyridine rings is 1. The van der Waals surface area contributed by atoms with Crippen molar-refractivity contribution in [2.75, 3.05) is 19.0 Å². The molecule has 0 aliphatic rings. The lowest BCUT2D eigenvalue weighted by atomic mass is 10.2. The number of hydrogen-bond donors (Lipinski definition) is 2. The molecule has 3 N–H and O–H groups in total. The minimum absolute atomic E-state index is 0. The largest absolute Gasteiger partial charge is 0.495 e. The number of nitrogens with one attached hydrogen (secondary N) is 1. The molecule has 0 aliphatic carbocycles. The van der Waals surface area contributed by atoms with Crippen LogP contribution in [0.2, 0.25) is 5.02 Å². The highest BCUT2D eigenvalue weighted by molar-refractivity contribution is 14.0. The zero-order valence-corrected chi connectivity index (χ0v) is 20.3. The molecule has 0 radical (unpaired) electrons. The van der Waals surface area contributed by atoms with Crippen LogP contribution in [0.15, 0.2) is 65.8 Å². The van der Waals surface area contributed by atoms with Crippen LogP contribution in [0.3, 0.4) is 0 Å². The minimum Gasteiger partial charge on any atom is -0.495 e. The number of aromatic nitrogens is 1. The zero-order valence-electron chi connectivity index (χ0n) is 17.2. The van der Waals surface area contributed by atoms with E-state index in [1.165, 1.54) is 0 Å². The standard InChI is InChI=1S/C22H23ClN4O3.HI/c1-3-29-17-5-7-18(8-6-17)30-21-12-15(10-11-25-21)14-26-22(24)27-16-4-9-20(28-2)19(23)13-16;/h4-13H,3,14H2,1-2H3,(H3,24,26,27);1H. The molecule has 9 heteroatoms. The molecule has 2 aromatic carbocycles. The number of rotatable bonds is 8. The van der Waals surface area contributed by atoms with Gasteiger partial charge in [-0.15, -0.1) is 24.0 Å². The van der Waals surface area contributed by atoms with Crippen molar-refractivity contribution in [3.05, 3.63) is 71.4 Å². The van der Waals surface area contributed by atoms with Gasteiger partial charge in [-0.2, -0.15) is 0 Å². The first-order valence-electron chi connectivity index (χ1n) is 9.33. The molecular weight excluding hydrogens is 531 g/mol. The summed E-state index contributed by atoms with van der Waals surface area (Å²) in [4.78, 5) is 8.59. The number of benzene rings is 2. The smallest absolute Gasteiger partial charge is 0.219 e. The molecule has 164 valence electrons. The first-order chi connectivity index (χ1) is 14.6. The number of halogens is 2. The van der Waals surface area contributed by atoms with E-state index in [0.717, 1.165) is 17.0 Å². The summed E-state index contributed by atoms with van der Waals surface area (Å²) in [5.41, 5.74) is 7.61. The Morgan fingerprint density at radius 2 is 1.84 bits per heavy atom. The monoisotopic (exact) mass is 554 g/mol. The summed E-state index contributed by atoms with van der Waals surface area (Å²) in [6.45, 7) is 2.93. The molecule has 0 atom stereocenters. The number of methoxy groups -OCH3 is 1. The lowest BCUT2D eigenvalue weighted by molar-refractivity contribution is 0.339. The lowest BCUT2D eigenvalue weighted by Crippen LogP contribution is -2.22. The summed E-state index contributed by atoms with van der Waals surface area (Å²) < 4.78 is 16.4. The Kier molecular flexibility index (Phi) is 9.67. The van der Waals surface area contributed by atoms with Gasteiger partial charge in [-0.1, -0.05) is 11.6 Å². The Labute approximate surface area is 203 Å². The first kappa shape index (κ1) is 24.5. The van der Waals surface area contributed by atoms with Gasteiger partial charge in [0.2, 0.25) is 5.88 Å². The Morgan fingerprint density at radius 3 is 2.52 bits per heavy atom. The second kappa shape index (κ2) is 12.2. The quantitative estimate of drug-likeness (QED) is 0.218. The topological polar surface area (TPSA) is 91.0 Å². The fourth-order valence-corrected chi connectivity index (χ4v) is 2.86. The van der Waals surface area contributed by atoms with E-state index in [1.807, 2.05) is 49.4 Å². The SMILES string of the molecule is CCOc1ccc(Oc2cc(CN=C(N)Nc3ccc(OC)c(Cl)c3)ccn2)cc1.I. The highest BCUT2D eigenvalue weighted by Crippen LogP contribution is 2.27. The number of guanidine groups is 1. The molecule has 0 saturated carbocycles. The summed E-state index contributed by atoms with van der Waals surface area (Å²) in [6, 6.07) is 16.3. The summed E-state index contributed by atoms with van der Waals surface area (Å²) >= 11 is 6.12. The van der Waals surface area contributed by atoms with Gasteiger partial charge in [0.25, 0.3) is 0 Å². The van der Waals surface area contributed by atoms with Gasteiger partial charge in [0, 0.05) is 18.0 Å². The van der Waals surface area contributed by atoms with Gasteiger partial charge in [-0.3, -0.25) is 0 Å².